The minimum atomic E-state index is -0.299. The maximum atomic E-state index is 12.2. The number of nitrogens with zero attached hydrogens (tertiary/aromatic N) is 1. The zero-order valence-corrected chi connectivity index (χ0v) is 11.2. The van der Waals surface area contributed by atoms with Crippen LogP contribution >= 0.6 is 0 Å². The molecule has 2 aromatic carbocycles. The van der Waals surface area contributed by atoms with Gasteiger partial charge in [0.25, 0.3) is 0 Å². The van der Waals surface area contributed by atoms with Crippen LogP contribution in [-0.4, -0.2) is 10.5 Å². The molecule has 3 aromatic rings. The molecule has 0 atom stereocenters. The molecule has 0 aliphatic heterocycles. The summed E-state index contributed by atoms with van der Waals surface area (Å²) in [6.45, 7) is 0.293. The Labute approximate surface area is 117 Å². The fourth-order valence-electron chi connectivity index (χ4n) is 2.28. The van der Waals surface area contributed by atoms with Gasteiger partial charge in [-0.05, 0) is 17.7 Å². The highest BCUT2D eigenvalue weighted by Gasteiger charge is 2.14. The second-order valence-corrected chi connectivity index (χ2v) is 4.71. The number of esters is 1. The lowest BCUT2D eigenvalue weighted by molar-refractivity contribution is 0.0462. The highest BCUT2D eigenvalue weighted by Crippen LogP contribution is 2.19. The number of ether oxygens (including phenoxy) is 1. The monoisotopic (exact) mass is 265 g/mol. The number of carbonyl (C=O) groups is 1. The van der Waals surface area contributed by atoms with E-state index in [4.69, 9.17) is 4.74 Å². The van der Waals surface area contributed by atoms with Gasteiger partial charge in [-0.25, -0.2) is 4.79 Å². The Morgan fingerprint density at radius 3 is 2.50 bits per heavy atom. The second-order valence-electron chi connectivity index (χ2n) is 4.71. The van der Waals surface area contributed by atoms with Crippen molar-refractivity contribution in [3.05, 3.63) is 71.9 Å². The molecule has 3 rings (SSSR count). The third-order valence-electron chi connectivity index (χ3n) is 3.37. The van der Waals surface area contributed by atoms with Crippen LogP contribution in [0.25, 0.3) is 10.9 Å². The van der Waals surface area contributed by atoms with Gasteiger partial charge in [-0.2, -0.15) is 0 Å². The molecule has 20 heavy (non-hydrogen) atoms. The van der Waals surface area contributed by atoms with Crippen LogP contribution < -0.4 is 0 Å². The highest BCUT2D eigenvalue weighted by atomic mass is 16.5. The third kappa shape index (κ3) is 2.30. The number of aromatic nitrogens is 1. The van der Waals surface area contributed by atoms with E-state index in [-0.39, 0.29) is 5.97 Å². The van der Waals surface area contributed by atoms with Gasteiger partial charge >= 0.3 is 5.97 Å². The van der Waals surface area contributed by atoms with Gasteiger partial charge in [-0.3, -0.25) is 0 Å². The van der Waals surface area contributed by atoms with E-state index < -0.39 is 0 Å². The summed E-state index contributed by atoms with van der Waals surface area (Å²) in [4.78, 5) is 12.2. The topological polar surface area (TPSA) is 31.2 Å². The molecule has 0 unspecified atom stereocenters. The maximum Gasteiger partial charge on any atom is 0.355 e. The quantitative estimate of drug-likeness (QED) is 0.678. The highest BCUT2D eigenvalue weighted by molar-refractivity contribution is 5.95. The number of carbonyl (C=O) groups excluding carboxylic acids is 1. The molecule has 0 saturated carbocycles. The molecule has 0 saturated heterocycles. The number of hydrogen-bond acceptors (Lipinski definition) is 2. The lowest BCUT2D eigenvalue weighted by Gasteiger charge is -2.06. The predicted molar refractivity (Wildman–Crippen MR) is 78.5 cm³/mol. The molecule has 3 heteroatoms. The summed E-state index contributed by atoms with van der Waals surface area (Å²) in [7, 11) is 1.88. The van der Waals surface area contributed by atoms with Crippen molar-refractivity contribution in [1.29, 1.82) is 0 Å². The van der Waals surface area contributed by atoms with E-state index in [0.717, 1.165) is 16.5 Å². The van der Waals surface area contributed by atoms with Crippen LogP contribution in [0.2, 0.25) is 0 Å². The Hall–Kier alpha value is -2.55. The number of aryl methyl sites for hydroxylation is 1. The fourth-order valence-corrected chi connectivity index (χ4v) is 2.28. The van der Waals surface area contributed by atoms with E-state index in [1.54, 1.807) is 0 Å². The van der Waals surface area contributed by atoms with Crippen LogP contribution in [0.1, 0.15) is 16.1 Å². The zero-order valence-electron chi connectivity index (χ0n) is 11.2. The van der Waals surface area contributed by atoms with Gasteiger partial charge in [-0.15, -0.1) is 0 Å². The van der Waals surface area contributed by atoms with Gasteiger partial charge in [0.15, 0.2) is 0 Å². The summed E-state index contributed by atoms with van der Waals surface area (Å²) >= 11 is 0. The minimum Gasteiger partial charge on any atom is -0.456 e. The van der Waals surface area contributed by atoms with Crippen molar-refractivity contribution in [2.75, 3.05) is 0 Å². The summed E-state index contributed by atoms with van der Waals surface area (Å²) in [5.41, 5.74) is 2.58. The summed E-state index contributed by atoms with van der Waals surface area (Å²) in [6.07, 6.45) is 0. The Morgan fingerprint density at radius 1 is 1.05 bits per heavy atom. The average molecular weight is 265 g/mol. The van der Waals surface area contributed by atoms with Gasteiger partial charge in [-0.1, -0.05) is 48.5 Å². The van der Waals surface area contributed by atoms with E-state index in [9.17, 15) is 4.79 Å². The molecule has 1 aromatic heterocycles. The van der Waals surface area contributed by atoms with Gasteiger partial charge in [0, 0.05) is 18.0 Å². The van der Waals surface area contributed by atoms with Crippen molar-refractivity contribution in [3.8, 4) is 0 Å². The van der Waals surface area contributed by atoms with Crippen molar-refractivity contribution < 1.29 is 9.53 Å². The van der Waals surface area contributed by atoms with E-state index in [1.807, 2.05) is 72.3 Å². The Kier molecular flexibility index (Phi) is 3.25. The zero-order chi connectivity index (χ0) is 13.9. The summed E-state index contributed by atoms with van der Waals surface area (Å²) in [5.74, 6) is -0.299. The van der Waals surface area contributed by atoms with Crippen LogP contribution in [0.5, 0.6) is 0 Å². The van der Waals surface area contributed by atoms with Gasteiger partial charge in [0.1, 0.15) is 12.3 Å². The molecule has 0 amide bonds. The Balaban J connectivity index is 1.81. The van der Waals surface area contributed by atoms with Crippen molar-refractivity contribution in [2.45, 2.75) is 6.61 Å². The van der Waals surface area contributed by atoms with E-state index >= 15 is 0 Å². The molecule has 0 aliphatic carbocycles. The molecule has 0 bridgehead atoms. The molecule has 3 nitrogen and oxygen atoms in total. The fraction of sp³-hybridized carbons (Fsp3) is 0.118. The van der Waals surface area contributed by atoms with Crippen LogP contribution in [0.4, 0.5) is 0 Å². The van der Waals surface area contributed by atoms with Crippen molar-refractivity contribution in [3.63, 3.8) is 0 Å². The first-order chi connectivity index (χ1) is 9.75. The lowest BCUT2D eigenvalue weighted by atomic mass is 10.2. The van der Waals surface area contributed by atoms with Crippen molar-refractivity contribution in [2.24, 2.45) is 7.05 Å². The largest absolute Gasteiger partial charge is 0.456 e. The number of rotatable bonds is 3. The predicted octanol–water partition coefficient (Wildman–Crippen LogP) is 3.54. The van der Waals surface area contributed by atoms with Crippen molar-refractivity contribution in [1.82, 2.24) is 4.57 Å². The molecule has 0 fully saturated rings. The number of para-hydroxylation sites is 1. The minimum absolute atomic E-state index is 0.293. The van der Waals surface area contributed by atoms with Crippen LogP contribution in [-0.2, 0) is 18.4 Å². The normalized spacial score (nSPS) is 10.7. The first-order valence-corrected chi connectivity index (χ1v) is 6.51. The van der Waals surface area contributed by atoms with Gasteiger partial charge in [0.2, 0.25) is 0 Å². The first-order valence-electron chi connectivity index (χ1n) is 6.51. The van der Waals surface area contributed by atoms with Crippen LogP contribution in [0, 0.1) is 0 Å². The van der Waals surface area contributed by atoms with Crippen LogP contribution in [0.3, 0.4) is 0 Å². The average Bonchev–Trinajstić information content (AvgIpc) is 2.84. The van der Waals surface area contributed by atoms with E-state index in [0.29, 0.717) is 12.3 Å². The smallest absolute Gasteiger partial charge is 0.355 e. The summed E-state index contributed by atoms with van der Waals surface area (Å²) in [5, 5.41) is 1.04. The lowest BCUT2D eigenvalue weighted by Crippen LogP contribution is -2.09. The molecule has 0 N–H and O–H groups in total. The molecular formula is C17H15NO2. The standard InChI is InChI=1S/C17H15NO2/c1-18-15-10-6-5-9-14(15)11-16(18)17(19)20-12-13-7-3-2-4-8-13/h2-11H,12H2,1H3. The third-order valence-corrected chi connectivity index (χ3v) is 3.37. The number of hydrogen-bond donors (Lipinski definition) is 0. The SMILES string of the molecule is Cn1c(C(=O)OCc2ccccc2)cc2ccccc21. The molecule has 0 aliphatic rings. The van der Waals surface area contributed by atoms with Gasteiger partial charge < -0.3 is 9.30 Å². The van der Waals surface area contributed by atoms with Crippen LogP contribution in [0.15, 0.2) is 60.7 Å². The molecule has 0 radical (unpaired) electrons. The number of benzene rings is 2. The molecule has 100 valence electrons. The summed E-state index contributed by atoms with van der Waals surface area (Å²) < 4.78 is 7.23. The van der Waals surface area contributed by atoms with Gasteiger partial charge in [0.05, 0.1) is 0 Å². The molecule has 0 spiro atoms. The first kappa shape index (κ1) is 12.5. The molecule has 1 heterocycles. The maximum absolute atomic E-state index is 12.2. The van der Waals surface area contributed by atoms with Crippen molar-refractivity contribution >= 4 is 16.9 Å². The molecular weight excluding hydrogens is 250 g/mol. The second kappa shape index (κ2) is 5.21. The van der Waals surface area contributed by atoms with E-state index in [1.165, 1.54) is 0 Å². The van der Waals surface area contributed by atoms with E-state index in [2.05, 4.69) is 0 Å². The Morgan fingerprint density at radius 2 is 1.75 bits per heavy atom. The number of fused-ring (bicyclic) bond motifs is 1. The Bertz CT molecular complexity index is 744. The summed E-state index contributed by atoms with van der Waals surface area (Å²) in [6, 6.07) is 19.4.